The highest BCUT2D eigenvalue weighted by molar-refractivity contribution is 7.92. The number of hydrogen-bond donors (Lipinski definition) is 1. The van der Waals surface area contributed by atoms with Gasteiger partial charge in [0.2, 0.25) is 11.8 Å². The number of nitrogens with one attached hydrogen (secondary N) is 1. The number of hydrogen-bond acceptors (Lipinski definition) is 5. The normalized spacial score (nSPS) is 11.8. The molecule has 0 spiro atoms. The minimum absolute atomic E-state index is 0.0497. The van der Waals surface area contributed by atoms with Gasteiger partial charge in [-0.05, 0) is 79.9 Å². The van der Waals surface area contributed by atoms with Crippen LogP contribution in [-0.2, 0) is 26.2 Å². The molecule has 8 nitrogen and oxygen atoms in total. The van der Waals surface area contributed by atoms with E-state index in [4.69, 9.17) is 4.74 Å². The summed E-state index contributed by atoms with van der Waals surface area (Å²) in [5.74, 6) is 0.376. The number of rotatable bonds is 13. The van der Waals surface area contributed by atoms with Crippen molar-refractivity contribution in [2.24, 2.45) is 0 Å². The van der Waals surface area contributed by atoms with Gasteiger partial charge >= 0.3 is 0 Å². The van der Waals surface area contributed by atoms with Crippen LogP contribution in [0.2, 0.25) is 0 Å². The van der Waals surface area contributed by atoms with Gasteiger partial charge in [0.05, 0.1) is 10.6 Å². The Labute approximate surface area is 254 Å². The van der Waals surface area contributed by atoms with Gasteiger partial charge < -0.3 is 15.0 Å². The van der Waals surface area contributed by atoms with Crippen LogP contribution in [0.15, 0.2) is 114 Å². The molecule has 1 atom stereocenters. The molecule has 9 heteroatoms. The number of para-hydroxylation sites is 1. The van der Waals surface area contributed by atoms with E-state index in [0.717, 1.165) is 15.4 Å². The van der Waals surface area contributed by atoms with Gasteiger partial charge in [0.25, 0.3) is 10.0 Å². The van der Waals surface area contributed by atoms with Crippen LogP contribution in [0.25, 0.3) is 0 Å². The number of carbonyl (C=O) groups is 2. The standard InChI is InChI=1S/C34H37N3O5S/c1-4-32(34(39)35-5-2)36(24-27-15-13-12-14-26(27)3)33(38)25-37(43(40,41)31-18-10-7-11-19-31)28-20-22-30(23-21-28)42-29-16-8-6-9-17-29/h6-23,32H,4-5,24-25H2,1-3H3,(H,35,39). The molecule has 0 saturated carbocycles. The van der Waals surface area contributed by atoms with Crippen molar-refractivity contribution in [3.8, 4) is 11.5 Å². The molecule has 1 unspecified atom stereocenters. The van der Waals surface area contributed by atoms with Crippen molar-refractivity contribution >= 4 is 27.5 Å². The Morgan fingerprint density at radius 1 is 0.791 bits per heavy atom. The van der Waals surface area contributed by atoms with Crippen LogP contribution in [0, 0.1) is 6.92 Å². The highest BCUT2D eigenvalue weighted by Gasteiger charge is 2.33. The first kappa shape index (κ1) is 31.3. The number of nitrogens with zero attached hydrogens (tertiary/aromatic N) is 2. The molecule has 0 aromatic heterocycles. The number of amides is 2. The van der Waals surface area contributed by atoms with Crippen molar-refractivity contribution < 1.29 is 22.7 Å². The summed E-state index contributed by atoms with van der Waals surface area (Å²) in [5, 5.41) is 2.82. The third-order valence-corrected chi connectivity index (χ3v) is 8.84. The summed E-state index contributed by atoms with van der Waals surface area (Å²) in [6.45, 7) is 5.66. The second kappa shape index (κ2) is 14.5. The van der Waals surface area contributed by atoms with Crippen molar-refractivity contribution in [2.75, 3.05) is 17.4 Å². The van der Waals surface area contributed by atoms with Crippen LogP contribution in [0.5, 0.6) is 11.5 Å². The average Bonchev–Trinajstić information content (AvgIpc) is 3.02. The molecule has 224 valence electrons. The maximum atomic E-state index is 14.2. The number of likely N-dealkylation sites (N-methyl/N-ethyl adjacent to an activating group) is 1. The van der Waals surface area contributed by atoms with E-state index in [2.05, 4.69) is 5.32 Å². The van der Waals surface area contributed by atoms with Gasteiger partial charge in [-0.1, -0.05) is 67.6 Å². The first-order valence-corrected chi connectivity index (χ1v) is 15.7. The van der Waals surface area contributed by atoms with Crippen LogP contribution in [-0.4, -0.2) is 44.3 Å². The minimum atomic E-state index is -4.15. The molecular formula is C34H37N3O5S. The molecule has 0 radical (unpaired) electrons. The predicted octanol–water partition coefficient (Wildman–Crippen LogP) is 5.93. The molecule has 1 N–H and O–H groups in total. The zero-order chi connectivity index (χ0) is 30.8. The first-order valence-electron chi connectivity index (χ1n) is 14.3. The third kappa shape index (κ3) is 7.81. The molecule has 43 heavy (non-hydrogen) atoms. The fraction of sp³-hybridized carbons (Fsp3) is 0.235. The lowest BCUT2D eigenvalue weighted by atomic mass is 10.1. The molecule has 4 aromatic carbocycles. The summed E-state index contributed by atoms with van der Waals surface area (Å²) in [7, 11) is -4.15. The van der Waals surface area contributed by atoms with Crippen LogP contribution in [0.1, 0.15) is 31.4 Å². The molecule has 0 aliphatic carbocycles. The Morgan fingerprint density at radius 3 is 1.98 bits per heavy atom. The molecule has 0 bridgehead atoms. The number of ether oxygens (including phenoxy) is 1. The topological polar surface area (TPSA) is 96.0 Å². The summed E-state index contributed by atoms with van der Waals surface area (Å²) in [4.78, 5) is 28.8. The Hall–Kier alpha value is -4.63. The molecule has 4 rings (SSSR count). The third-order valence-electron chi connectivity index (χ3n) is 7.05. The fourth-order valence-corrected chi connectivity index (χ4v) is 6.17. The van der Waals surface area contributed by atoms with E-state index in [1.54, 1.807) is 42.5 Å². The lowest BCUT2D eigenvalue weighted by Crippen LogP contribution is -2.52. The smallest absolute Gasteiger partial charge is 0.264 e. The quantitative estimate of drug-likeness (QED) is 0.206. The van der Waals surface area contributed by atoms with E-state index in [9.17, 15) is 18.0 Å². The van der Waals surface area contributed by atoms with Gasteiger partial charge in [-0.2, -0.15) is 0 Å². The lowest BCUT2D eigenvalue weighted by Gasteiger charge is -2.33. The van der Waals surface area contributed by atoms with Crippen molar-refractivity contribution in [1.29, 1.82) is 0 Å². The highest BCUT2D eigenvalue weighted by Crippen LogP contribution is 2.29. The maximum absolute atomic E-state index is 14.2. The molecule has 0 aliphatic rings. The second-order valence-electron chi connectivity index (χ2n) is 10.0. The number of anilines is 1. The molecule has 0 heterocycles. The summed E-state index contributed by atoms with van der Waals surface area (Å²) in [6.07, 6.45) is 0.362. The Kier molecular flexibility index (Phi) is 10.6. The van der Waals surface area contributed by atoms with Crippen molar-refractivity contribution in [2.45, 2.75) is 44.7 Å². The minimum Gasteiger partial charge on any atom is -0.457 e. The van der Waals surface area contributed by atoms with E-state index in [0.29, 0.717) is 30.2 Å². The van der Waals surface area contributed by atoms with E-state index in [-0.39, 0.29) is 17.3 Å². The maximum Gasteiger partial charge on any atom is 0.264 e. The SMILES string of the molecule is CCNC(=O)C(CC)N(Cc1ccccc1C)C(=O)CN(c1ccc(Oc2ccccc2)cc1)S(=O)(=O)c1ccccc1. The molecule has 2 amide bonds. The van der Waals surface area contributed by atoms with E-state index in [1.807, 2.05) is 75.4 Å². The summed E-state index contributed by atoms with van der Waals surface area (Å²) in [5.41, 5.74) is 2.13. The van der Waals surface area contributed by atoms with Crippen molar-refractivity contribution in [3.05, 3.63) is 120 Å². The summed E-state index contributed by atoms with van der Waals surface area (Å²) in [6, 6.07) is 30.6. The largest absolute Gasteiger partial charge is 0.457 e. The number of sulfonamides is 1. The van der Waals surface area contributed by atoms with Gasteiger partial charge in [-0.15, -0.1) is 0 Å². The summed E-state index contributed by atoms with van der Waals surface area (Å²) >= 11 is 0. The zero-order valence-corrected chi connectivity index (χ0v) is 25.5. The van der Waals surface area contributed by atoms with E-state index >= 15 is 0 Å². The second-order valence-corrected chi connectivity index (χ2v) is 11.9. The van der Waals surface area contributed by atoms with Crippen LogP contribution < -0.4 is 14.4 Å². The van der Waals surface area contributed by atoms with Crippen LogP contribution in [0.4, 0.5) is 5.69 Å². The number of benzene rings is 4. The predicted molar refractivity (Wildman–Crippen MR) is 168 cm³/mol. The fourth-order valence-electron chi connectivity index (χ4n) is 4.74. The molecule has 0 fully saturated rings. The number of carbonyl (C=O) groups excluding carboxylic acids is 2. The molecule has 0 aliphatic heterocycles. The molecule has 4 aromatic rings. The average molecular weight is 600 g/mol. The van der Waals surface area contributed by atoms with Gasteiger partial charge in [-0.3, -0.25) is 13.9 Å². The van der Waals surface area contributed by atoms with Crippen LogP contribution in [0.3, 0.4) is 0 Å². The van der Waals surface area contributed by atoms with Gasteiger partial charge in [0.15, 0.2) is 0 Å². The lowest BCUT2D eigenvalue weighted by molar-refractivity contribution is -0.140. The molecular weight excluding hydrogens is 562 g/mol. The number of aryl methyl sites for hydroxylation is 1. The monoisotopic (exact) mass is 599 g/mol. The van der Waals surface area contributed by atoms with E-state index < -0.39 is 28.5 Å². The first-order chi connectivity index (χ1) is 20.7. The van der Waals surface area contributed by atoms with Crippen molar-refractivity contribution in [1.82, 2.24) is 10.2 Å². The van der Waals surface area contributed by atoms with Gasteiger partial charge in [0, 0.05) is 13.1 Å². The van der Waals surface area contributed by atoms with Crippen LogP contribution >= 0.6 is 0 Å². The van der Waals surface area contributed by atoms with Gasteiger partial charge in [-0.25, -0.2) is 8.42 Å². The van der Waals surface area contributed by atoms with E-state index in [1.165, 1.54) is 17.0 Å². The Morgan fingerprint density at radius 2 is 1.37 bits per heavy atom. The Balaban J connectivity index is 1.72. The summed E-state index contributed by atoms with van der Waals surface area (Å²) < 4.78 is 35.0. The van der Waals surface area contributed by atoms with Gasteiger partial charge in [0.1, 0.15) is 24.1 Å². The van der Waals surface area contributed by atoms with Crippen molar-refractivity contribution in [3.63, 3.8) is 0 Å². The zero-order valence-electron chi connectivity index (χ0n) is 24.6. The highest BCUT2D eigenvalue weighted by atomic mass is 32.2. The Bertz CT molecular complexity index is 1610. The molecule has 0 saturated heterocycles.